The van der Waals surface area contributed by atoms with Crippen LogP contribution in [-0.2, 0) is 6.54 Å². The van der Waals surface area contributed by atoms with Crippen LogP contribution in [0, 0.1) is 0 Å². The summed E-state index contributed by atoms with van der Waals surface area (Å²) in [5.41, 5.74) is 0. The van der Waals surface area contributed by atoms with E-state index in [-0.39, 0.29) is 0 Å². The molecular formula is C14H28N4. The van der Waals surface area contributed by atoms with Crippen molar-refractivity contribution in [3.8, 4) is 0 Å². The summed E-state index contributed by atoms with van der Waals surface area (Å²) in [5, 5.41) is 7.74. The van der Waals surface area contributed by atoms with Gasteiger partial charge in [-0.25, -0.2) is 0 Å². The molecule has 0 saturated carbocycles. The molecule has 0 radical (unpaired) electrons. The Balaban J connectivity index is 2.01. The largest absolute Gasteiger partial charge is 0.312 e. The topological polar surface area (TPSA) is 33.1 Å². The lowest BCUT2D eigenvalue weighted by molar-refractivity contribution is 0.290. The first-order valence-corrected chi connectivity index (χ1v) is 7.19. The summed E-state index contributed by atoms with van der Waals surface area (Å²) in [6, 6.07) is 2.56. The molecule has 0 aliphatic heterocycles. The average Bonchev–Trinajstić information content (AvgIpc) is 2.88. The Kier molecular flexibility index (Phi) is 7.69. The highest BCUT2D eigenvalue weighted by molar-refractivity contribution is 4.77. The lowest BCUT2D eigenvalue weighted by atomic mass is 10.1. The molecule has 4 heteroatoms. The second-order valence-electron chi connectivity index (χ2n) is 4.79. The van der Waals surface area contributed by atoms with Gasteiger partial charge in [0.15, 0.2) is 0 Å². The van der Waals surface area contributed by atoms with E-state index < -0.39 is 0 Å². The highest BCUT2D eigenvalue weighted by Gasteiger charge is 2.03. The lowest BCUT2D eigenvalue weighted by Crippen LogP contribution is -2.31. The van der Waals surface area contributed by atoms with E-state index in [1.54, 1.807) is 0 Å². The maximum Gasteiger partial charge on any atom is 0.0534 e. The van der Waals surface area contributed by atoms with Gasteiger partial charge in [0.1, 0.15) is 0 Å². The fourth-order valence-corrected chi connectivity index (χ4v) is 2.12. The van der Waals surface area contributed by atoms with Gasteiger partial charge in [-0.05, 0) is 45.5 Å². The monoisotopic (exact) mass is 252 g/mol. The molecule has 18 heavy (non-hydrogen) atoms. The minimum Gasteiger partial charge on any atom is -0.312 e. The molecule has 0 amide bonds. The Morgan fingerprint density at radius 1 is 1.33 bits per heavy atom. The Hall–Kier alpha value is -0.870. The standard InChI is InChI=1S/C14H28N4/c1-4-17(5-2)11-6-8-14(3)15-10-13-18-12-7-9-16-18/h7,9,12,14-15H,4-6,8,10-11,13H2,1-3H3. The van der Waals surface area contributed by atoms with E-state index in [1.807, 2.05) is 23.1 Å². The van der Waals surface area contributed by atoms with Crippen LogP contribution in [0.15, 0.2) is 18.5 Å². The third-order valence-electron chi connectivity index (χ3n) is 3.40. The summed E-state index contributed by atoms with van der Waals surface area (Å²) in [6.45, 7) is 12.2. The van der Waals surface area contributed by atoms with Crippen LogP contribution in [0.4, 0.5) is 0 Å². The maximum absolute atomic E-state index is 4.19. The summed E-state index contributed by atoms with van der Waals surface area (Å²) >= 11 is 0. The second-order valence-corrected chi connectivity index (χ2v) is 4.79. The molecule has 1 unspecified atom stereocenters. The third kappa shape index (κ3) is 6.17. The summed E-state index contributed by atoms with van der Waals surface area (Å²) in [4.78, 5) is 2.48. The fourth-order valence-electron chi connectivity index (χ4n) is 2.12. The molecule has 0 saturated heterocycles. The smallest absolute Gasteiger partial charge is 0.0534 e. The molecule has 1 rings (SSSR count). The van der Waals surface area contributed by atoms with Crippen LogP contribution in [0.25, 0.3) is 0 Å². The van der Waals surface area contributed by atoms with Gasteiger partial charge in [0.2, 0.25) is 0 Å². The van der Waals surface area contributed by atoms with Crippen molar-refractivity contribution in [2.75, 3.05) is 26.2 Å². The number of hydrogen-bond acceptors (Lipinski definition) is 3. The van der Waals surface area contributed by atoms with Gasteiger partial charge in [-0.15, -0.1) is 0 Å². The molecule has 1 atom stereocenters. The van der Waals surface area contributed by atoms with E-state index in [9.17, 15) is 0 Å². The Labute approximate surface area is 111 Å². The number of rotatable bonds is 10. The van der Waals surface area contributed by atoms with E-state index in [1.165, 1.54) is 19.4 Å². The van der Waals surface area contributed by atoms with E-state index in [0.717, 1.165) is 26.2 Å². The van der Waals surface area contributed by atoms with Crippen molar-refractivity contribution in [2.45, 2.75) is 46.2 Å². The normalized spacial score (nSPS) is 13.1. The number of nitrogens with zero attached hydrogens (tertiary/aromatic N) is 3. The number of nitrogens with one attached hydrogen (secondary N) is 1. The van der Waals surface area contributed by atoms with Crippen molar-refractivity contribution >= 4 is 0 Å². The summed E-state index contributed by atoms with van der Waals surface area (Å²) in [6.07, 6.45) is 6.35. The fraction of sp³-hybridized carbons (Fsp3) is 0.786. The van der Waals surface area contributed by atoms with Crippen LogP contribution in [0.3, 0.4) is 0 Å². The third-order valence-corrected chi connectivity index (χ3v) is 3.40. The second kappa shape index (κ2) is 9.11. The zero-order valence-corrected chi connectivity index (χ0v) is 12.1. The first-order chi connectivity index (χ1) is 8.76. The minimum absolute atomic E-state index is 0.594. The lowest BCUT2D eigenvalue weighted by Gasteiger charge is -2.19. The van der Waals surface area contributed by atoms with Gasteiger partial charge in [-0.3, -0.25) is 4.68 Å². The van der Waals surface area contributed by atoms with E-state index in [4.69, 9.17) is 0 Å². The van der Waals surface area contributed by atoms with Crippen molar-refractivity contribution < 1.29 is 0 Å². The molecule has 0 aliphatic carbocycles. The molecular weight excluding hydrogens is 224 g/mol. The van der Waals surface area contributed by atoms with Crippen molar-refractivity contribution in [1.29, 1.82) is 0 Å². The van der Waals surface area contributed by atoms with Gasteiger partial charge < -0.3 is 10.2 Å². The molecule has 0 bridgehead atoms. The van der Waals surface area contributed by atoms with E-state index in [0.29, 0.717) is 6.04 Å². The molecule has 0 aliphatic rings. The molecule has 4 nitrogen and oxygen atoms in total. The zero-order chi connectivity index (χ0) is 13.2. The van der Waals surface area contributed by atoms with Gasteiger partial charge in [0.05, 0.1) is 6.54 Å². The zero-order valence-electron chi connectivity index (χ0n) is 12.1. The molecule has 1 aromatic heterocycles. The minimum atomic E-state index is 0.594. The number of hydrogen-bond donors (Lipinski definition) is 1. The summed E-state index contributed by atoms with van der Waals surface area (Å²) < 4.78 is 1.97. The maximum atomic E-state index is 4.19. The van der Waals surface area contributed by atoms with Crippen LogP contribution in [0.1, 0.15) is 33.6 Å². The highest BCUT2D eigenvalue weighted by atomic mass is 15.3. The number of aromatic nitrogens is 2. The molecule has 104 valence electrons. The average molecular weight is 252 g/mol. The first kappa shape index (κ1) is 15.2. The molecule has 1 aromatic rings. The molecule has 0 aromatic carbocycles. The Morgan fingerprint density at radius 3 is 2.72 bits per heavy atom. The molecule has 0 spiro atoms. The summed E-state index contributed by atoms with van der Waals surface area (Å²) in [5.74, 6) is 0. The van der Waals surface area contributed by atoms with Gasteiger partial charge in [0.25, 0.3) is 0 Å². The van der Waals surface area contributed by atoms with Crippen molar-refractivity contribution in [2.24, 2.45) is 0 Å². The summed E-state index contributed by atoms with van der Waals surface area (Å²) in [7, 11) is 0. The van der Waals surface area contributed by atoms with Gasteiger partial charge >= 0.3 is 0 Å². The highest BCUT2D eigenvalue weighted by Crippen LogP contribution is 1.99. The van der Waals surface area contributed by atoms with Crippen molar-refractivity contribution in [1.82, 2.24) is 20.0 Å². The van der Waals surface area contributed by atoms with Crippen LogP contribution in [0.2, 0.25) is 0 Å². The molecule has 0 fully saturated rings. The first-order valence-electron chi connectivity index (χ1n) is 7.19. The predicted molar refractivity (Wildman–Crippen MR) is 76.7 cm³/mol. The van der Waals surface area contributed by atoms with Gasteiger partial charge in [0, 0.05) is 25.0 Å². The van der Waals surface area contributed by atoms with Crippen LogP contribution in [-0.4, -0.2) is 46.9 Å². The van der Waals surface area contributed by atoms with Crippen LogP contribution < -0.4 is 5.32 Å². The van der Waals surface area contributed by atoms with Gasteiger partial charge in [-0.2, -0.15) is 5.10 Å². The quantitative estimate of drug-likeness (QED) is 0.691. The van der Waals surface area contributed by atoms with E-state index in [2.05, 4.69) is 36.1 Å². The Morgan fingerprint density at radius 2 is 2.11 bits per heavy atom. The predicted octanol–water partition coefficient (Wildman–Crippen LogP) is 1.98. The van der Waals surface area contributed by atoms with Crippen LogP contribution in [0.5, 0.6) is 0 Å². The molecule has 1 N–H and O–H groups in total. The van der Waals surface area contributed by atoms with Gasteiger partial charge in [-0.1, -0.05) is 13.8 Å². The van der Waals surface area contributed by atoms with Crippen molar-refractivity contribution in [3.05, 3.63) is 18.5 Å². The van der Waals surface area contributed by atoms with E-state index >= 15 is 0 Å². The Bertz CT molecular complexity index is 280. The van der Waals surface area contributed by atoms with Crippen molar-refractivity contribution in [3.63, 3.8) is 0 Å². The SMILES string of the molecule is CCN(CC)CCCC(C)NCCn1cccn1. The molecule has 1 heterocycles. The van der Waals surface area contributed by atoms with Crippen LogP contribution >= 0.6 is 0 Å².